The second kappa shape index (κ2) is 18.5. The quantitative estimate of drug-likeness (QED) is 0.146. The topological polar surface area (TPSA) is 0 Å². The van der Waals surface area contributed by atoms with Gasteiger partial charge in [0, 0.05) is 10.8 Å². The zero-order valence-corrected chi connectivity index (χ0v) is 52.1. The molecule has 422 valence electrons. The van der Waals surface area contributed by atoms with E-state index in [0.717, 1.165) is 0 Å². The van der Waals surface area contributed by atoms with E-state index in [4.69, 9.17) is 0 Å². The maximum Gasteiger partial charge on any atom is 0.0714 e. The molecule has 0 amide bonds. The molecular weight excluding hydrogens is 1060 g/mol. The average molecular weight is 1130 g/mol. The summed E-state index contributed by atoms with van der Waals surface area (Å²) in [4.78, 5) is 0. The summed E-state index contributed by atoms with van der Waals surface area (Å²) >= 11 is 0. The maximum absolute atomic E-state index is 2.58. The normalized spacial score (nSPS) is 15.3. The first kappa shape index (κ1) is 52.7. The van der Waals surface area contributed by atoms with Crippen LogP contribution in [0.5, 0.6) is 0 Å². The van der Waals surface area contributed by atoms with Crippen LogP contribution in [0.1, 0.15) is 128 Å². The summed E-state index contributed by atoms with van der Waals surface area (Å²) in [5, 5.41) is 5.20. The first-order chi connectivity index (χ1) is 42.6. The van der Waals surface area contributed by atoms with Crippen molar-refractivity contribution >= 4 is 21.5 Å². The van der Waals surface area contributed by atoms with Gasteiger partial charge in [-0.3, -0.25) is 0 Å². The number of rotatable bonds is 6. The van der Waals surface area contributed by atoms with Gasteiger partial charge in [-0.2, -0.15) is 0 Å². The highest BCUT2D eigenvalue weighted by atomic mass is 14.5. The minimum Gasteiger partial charge on any atom is -0.0619 e. The summed E-state index contributed by atoms with van der Waals surface area (Å²) in [7, 11) is 0. The van der Waals surface area contributed by atoms with E-state index >= 15 is 0 Å². The van der Waals surface area contributed by atoms with E-state index < -0.39 is 10.8 Å². The third kappa shape index (κ3) is 7.03. The minimum absolute atomic E-state index is 0.116. The minimum atomic E-state index is -0.543. The van der Waals surface area contributed by atoms with Gasteiger partial charge in [0.05, 0.1) is 10.8 Å². The van der Waals surface area contributed by atoms with Gasteiger partial charge in [-0.15, -0.1) is 0 Å². The number of benzene rings is 13. The first-order valence-electron chi connectivity index (χ1n) is 31.7. The van der Waals surface area contributed by atoms with Crippen molar-refractivity contribution < 1.29 is 0 Å². The smallest absolute Gasteiger partial charge is 0.0619 e. The van der Waals surface area contributed by atoms with Crippen LogP contribution in [0.2, 0.25) is 0 Å². The van der Waals surface area contributed by atoms with Gasteiger partial charge >= 0.3 is 0 Å². The summed E-state index contributed by atoms with van der Waals surface area (Å²) < 4.78 is 0. The van der Waals surface area contributed by atoms with Crippen molar-refractivity contribution in [2.45, 2.75) is 90.9 Å². The highest BCUT2D eigenvalue weighted by Crippen LogP contribution is 2.63. The van der Waals surface area contributed by atoms with Gasteiger partial charge in [-0.1, -0.05) is 244 Å². The van der Waals surface area contributed by atoms with Crippen LogP contribution < -0.4 is 0 Å². The SMILES string of the molecule is Cc1ccc(C2(c3ccc(C)cc3)c3ccccc3-c3cc4c(cc32)-c2ccc(-c3ccc5c(c3)c(C)c(C)c3cc(-c6ccc7c(c6)C(c6ccc(C)cc6)(c6ccc(C)cc6)c6cc8c(cc6-7)C(C)(C)c6ccccc6-8)ccc35)cc2C4(C)C)cc1. The van der Waals surface area contributed by atoms with E-state index in [-0.39, 0.29) is 10.8 Å². The van der Waals surface area contributed by atoms with Crippen LogP contribution in [0.15, 0.2) is 243 Å². The Morgan fingerprint density at radius 2 is 0.489 bits per heavy atom. The number of hydrogen-bond donors (Lipinski definition) is 0. The Hall–Kier alpha value is -9.62. The molecule has 0 saturated carbocycles. The van der Waals surface area contributed by atoms with Gasteiger partial charge in [0.15, 0.2) is 0 Å². The monoisotopic (exact) mass is 1130 g/mol. The molecule has 4 aliphatic rings. The Morgan fingerprint density at radius 1 is 0.205 bits per heavy atom. The number of aryl methyl sites for hydroxylation is 6. The molecule has 0 aromatic heterocycles. The van der Waals surface area contributed by atoms with Crippen LogP contribution in [0.25, 0.3) is 88.3 Å². The maximum atomic E-state index is 2.58. The zero-order chi connectivity index (χ0) is 59.9. The summed E-state index contributed by atoms with van der Waals surface area (Å²) in [5.41, 5.74) is 38.3. The van der Waals surface area contributed by atoms with Crippen molar-refractivity contribution in [3.63, 3.8) is 0 Å². The molecule has 17 rings (SSSR count). The van der Waals surface area contributed by atoms with E-state index in [1.807, 2.05) is 0 Å². The lowest BCUT2D eigenvalue weighted by Crippen LogP contribution is -2.29. The van der Waals surface area contributed by atoms with Crippen molar-refractivity contribution in [2.24, 2.45) is 0 Å². The summed E-state index contributed by atoms with van der Waals surface area (Å²) in [5.74, 6) is 0. The molecule has 13 aromatic rings. The number of hydrogen-bond acceptors (Lipinski definition) is 0. The Balaban J connectivity index is 0.772. The van der Waals surface area contributed by atoms with Crippen molar-refractivity contribution in [3.05, 3.63) is 343 Å². The van der Waals surface area contributed by atoms with E-state index in [1.54, 1.807) is 0 Å². The van der Waals surface area contributed by atoms with Gasteiger partial charge in [-0.05, 0) is 256 Å². The fourth-order valence-corrected chi connectivity index (χ4v) is 17.1. The summed E-state index contributed by atoms with van der Waals surface area (Å²) in [6.45, 7) is 23.1. The molecule has 0 aliphatic heterocycles. The van der Waals surface area contributed by atoms with Gasteiger partial charge in [0.1, 0.15) is 0 Å². The van der Waals surface area contributed by atoms with Gasteiger partial charge in [0.25, 0.3) is 0 Å². The van der Waals surface area contributed by atoms with Crippen LogP contribution in [0.3, 0.4) is 0 Å². The third-order valence-corrected chi connectivity index (χ3v) is 22.0. The molecule has 13 aromatic carbocycles. The molecule has 0 heteroatoms. The molecule has 4 aliphatic carbocycles. The zero-order valence-electron chi connectivity index (χ0n) is 52.1. The number of fused-ring (bicyclic) bond motifs is 15. The highest BCUT2D eigenvalue weighted by Gasteiger charge is 2.50. The summed E-state index contributed by atoms with van der Waals surface area (Å²) in [6.07, 6.45) is 0. The first-order valence-corrected chi connectivity index (χ1v) is 31.7. The predicted octanol–water partition coefficient (Wildman–Crippen LogP) is 22.5. The van der Waals surface area contributed by atoms with E-state index in [2.05, 4.69) is 312 Å². The lowest BCUT2D eigenvalue weighted by molar-refractivity contribution is 0.660. The second-order valence-corrected chi connectivity index (χ2v) is 27.5. The van der Waals surface area contributed by atoms with Crippen LogP contribution in [0.4, 0.5) is 0 Å². The molecule has 0 spiro atoms. The molecule has 0 fully saturated rings. The standard InChI is InChI=1S/C88H70/c1-51-19-31-61(32-20-51)87(62-33-21-52(2)22-34-62)78-18-14-12-16-68(78)75-47-81-74(50-83(75)87)69-41-29-59(45-79(69)86(81,9)10)57-27-39-65-66-40-28-58(44-72(66)56(6)55(5)71(65)43-57)60-30-42-70-76-48-80-73(67-15-11-13-17-77(67)85(80,7)8)49-84(76)88(82(70)46-60,63-35-23-53(3)24-36-63)64-37-25-54(4)26-38-64/h11-50H,1-10H3. The van der Waals surface area contributed by atoms with E-state index in [0.29, 0.717) is 0 Å². The van der Waals surface area contributed by atoms with Crippen LogP contribution >= 0.6 is 0 Å². The lowest BCUT2D eigenvalue weighted by atomic mass is 9.66. The lowest BCUT2D eigenvalue weighted by Gasteiger charge is -2.35. The van der Waals surface area contributed by atoms with Crippen molar-refractivity contribution in [1.29, 1.82) is 0 Å². The second-order valence-electron chi connectivity index (χ2n) is 27.5. The molecule has 0 nitrogen and oxygen atoms in total. The van der Waals surface area contributed by atoms with Crippen LogP contribution in [-0.4, -0.2) is 0 Å². The largest absolute Gasteiger partial charge is 0.0714 e. The summed E-state index contributed by atoms with van der Waals surface area (Å²) in [6, 6.07) is 95.1. The van der Waals surface area contributed by atoms with Gasteiger partial charge in [-0.25, -0.2) is 0 Å². The molecule has 0 N–H and O–H groups in total. The molecule has 0 unspecified atom stereocenters. The molecule has 0 heterocycles. The van der Waals surface area contributed by atoms with E-state index in [9.17, 15) is 0 Å². The average Bonchev–Trinajstić information content (AvgIpc) is 1.52. The fraction of sp³-hybridized carbons (Fsp3) is 0.159. The Labute approximate surface area is 518 Å². The molecule has 0 radical (unpaired) electrons. The fourth-order valence-electron chi connectivity index (χ4n) is 17.1. The molecule has 88 heavy (non-hydrogen) atoms. The molecule has 0 bridgehead atoms. The Morgan fingerprint density at radius 3 is 0.932 bits per heavy atom. The predicted molar refractivity (Wildman–Crippen MR) is 370 cm³/mol. The van der Waals surface area contributed by atoms with E-state index in [1.165, 1.54) is 188 Å². The third-order valence-electron chi connectivity index (χ3n) is 22.0. The van der Waals surface area contributed by atoms with Gasteiger partial charge < -0.3 is 0 Å². The Bertz CT molecular complexity index is 5060. The van der Waals surface area contributed by atoms with Crippen molar-refractivity contribution in [3.8, 4) is 66.8 Å². The van der Waals surface area contributed by atoms with Gasteiger partial charge in [0.2, 0.25) is 0 Å². The molecule has 0 atom stereocenters. The van der Waals surface area contributed by atoms with Crippen LogP contribution in [-0.2, 0) is 21.7 Å². The molecular formula is C88H70. The molecule has 0 saturated heterocycles. The highest BCUT2D eigenvalue weighted by molar-refractivity contribution is 6.12. The van der Waals surface area contributed by atoms with Crippen molar-refractivity contribution in [1.82, 2.24) is 0 Å². The Kier molecular flexibility index (Phi) is 11.1. The van der Waals surface area contributed by atoms with Crippen molar-refractivity contribution in [2.75, 3.05) is 0 Å². The van der Waals surface area contributed by atoms with Crippen LogP contribution in [0, 0.1) is 41.5 Å².